The van der Waals surface area contributed by atoms with E-state index < -0.39 is 0 Å². The van der Waals surface area contributed by atoms with Gasteiger partial charge in [0, 0.05) is 17.6 Å². The molecule has 0 spiro atoms. The number of methoxy groups -OCH3 is 1. The van der Waals surface area contributed by atoms with E-state index in [1.807, 2.05) is 37.4 Å². The number of nitrogens with one attached hydrogen (secondary N) is 3. The second kappa shape index (κ2) is 7.89. The summed E-state index contributed by atoms with van der Waals surface area (Å²) >= 11 is 0. The Morgan fingerprint density at radius 2 is 1.74 bits per heavy atom. The lowest BCUT2D eigenvalue weighted by atomic mass is 9.80. The van der Waals surface area contributed by atoms with E-state index in [0.717, 1.165) is 40.2 Å². The van der Waals surface area contributed by atoms with Gasteiger partial charge in [0.25, 0.3) is 5.56 Å². The molecule has 6 heteroatoms. The van der Waals surface area contributed by atoms with Crippen molar-refractivity contribution < 1.29 is 4.74 Å². The number of anilines is 1. The van der Waals surface area contributed by atoms with Gasteiger partial charge in [0.05, 0.1) is 30.1 Å². The normalized spacial score (nSPS) is 17.4. The van der Waals surface area contributed by atoms with Crippen LogP contribution in [0.1, 0.15) is 34.3 Å². The quantitative estimate of drug-likeness (QED) is 0.463. The maximum absolute atomic E-state index is 12.4. The lowest BCUT2D eigenvalue weighted by molar-refractivity contribution is 0.414. The van der Waals surface area contributed by atoms with Crippen LogP contribution in [0.15, 0.2) is 71.5 Å². The predicted molar refractivity (Wildman–Crippen MR) is 123 cm³/mol. The summed E-state index contributed by atoms with van der Waals surface area (Å²) in [5.74, 6) is 0.732. The van der Waals surface area contributed by atoms with Crippen LogP contribution in [0.3, 0.4) is 0 Å². The maximum atomic E-state index is 12.4. The average molecular weight is 412 g/mol. The van der Waals surface area contributed by atoms with Crippen molar-refractivity contribution in [3.05, 3.63) is 99.5 Å². The van der Waals surface area contributed by atoms with Gasteiger partial charge in [-0.3, -0.25) is 4.79 Å². The molecule has 2 unspecified atom stereocenters. The minimum Gasteiger partial charge on any atom is -0.497 e. The zero-order valence-corrected chi connectivity index (χ0v) is 17.5. The molecular weight excluding hydrogens is 388 g/mol. The van der Waals surface area contributed by atoms with Crippen LogP contribution in [0, 0.1) is 0 Å². The summed E-state index contributed by atoms with van der Waals surface area (Å²) in [7, 11) is 3.61. The first-order chi connectivity index (χ1) is 15.2. The molecule has 0 radical (unpaired) electrons. The number of nitrogens with zero attached hydrogens (tertiary/aromatic N) is 1. The van der Waals surface area contributed by atoms with Gasteiger partial charge in [-0.2, -0.15) is 5.10 Å². The molecule has 156 valence electrons. The summed E-state index contributed by atoms with van der Waals surface area (Å²) in [6.07, 6.45) is 0. The number of ether oxygens (including phenoxy) is 1. The topological polar surface area (TPSA) is 79.0 Å². The molecule has 0 saturated heterocycles. The highest BCUT2D eigenvalue weighted by molar-refractivity contribution is 5.97. The number of aromatic amines is 1. The van der Waals surface area contributed by atoms with E-state index in [-0.39, 0.29) is 17.5 Å². The lowest BCUT2D eigenvalue weighted by Crippen LogP contribution is -2.28. The van der Waals surface area contributed by atoms with Gasteiger partial charge in [0.15, 0.2) is 0 Å². The third kappa shape index (κ3) is 3.35. The molecule has 3 aromatic carbocycles. The number of aromatic nitrogens is 2. The summed E-state index contributed by atoms with van der Waals surface area (Å²) in [6.45, 7) is 0.825. The van der Waals surface area contributed by atoms with Gasteiger partial charge in [-0.25, -0.2) is 5.10 Å². The fourth-order valence-electron chi connectivity index (χ4n) is 4.48. The molecule has 1 aliphatic heterocycles. The van der Waals surface area contributed by atoms with Crippen LogP contribution < -0.4 is 20.9 Å². The van der Waals surface area contributed by atoms with Crippen molar-refractivity contribution in [3.8, 4) is 5.75 Å². The molecule has 0 fully saturated rings. The molecule has 31 heavy (non-hydrogen) atoms. The Morgan fingerprint density at radius 3 is 2.45 bits per heavy atom. The van der Waals surface area contributed by atoms with E-state index in [9.17, 15) is 4.79 Å². The molecule has 4 aromatic rings. The Morgan fingerprint density at radius 1 is 1.00 bits per heavy atom. The highest BCUT2D eigenvalue weighted by Crippen LogP contribution is 2.46. The van der Waals surface area contributed by atoms with Crippen molar-refractivity contribution in [1.29, 1.82) is 0 Å². The molecule has 2 atom stereocenters. The molecule has 2 heterocycles. The van der Waals surface area contributed by atoms with Crippen LogP contribution in [-0.2, 0) is 6.54 Å². The van der Waals surface area contributed by atoms with Crippen molar-refractivity contribution in [2.24, 2.45) is 0 Å². The Bertz CT molecular complexity index is 1280. The largest absolute Gasteiger partial charge is 0.497 e. The van der Waals surface area contributed by atoms with E-state index >= 15 is 0 Å². The second-order valence-electron chi connectivity index (χ2n) is 7.81. The van der Waals surface area contributed by atoms with E-state index in [0.29, 0.717) is 5.39 Å². The summed E-state index contributed by atoms with van der Waals surface area (Å²) in [5, 5.41) is 15.7. The highest BCUT2D eigenvalue weighted by atomic mass is 16.5. The van der Waals surface area contributed by atoms with Crippen LogP contribution in [-0.4, -0.2) is 24.4 Å². The van der Waals surface area contributed by atoms with E-state index in [1.165, 1.54) is 5.56 Å². The smallest absolute Gasteiger partial charge is 0.272 e. The third-order valence-electron chi connectivity index (χ3n) is 5.98. The van der Waals surface area contributed by atoms with Crippen LogP contribution >= 0.6 is 0 Å². The molecule has 3 N–H and O–H groups in total. The number of rotatable bonds is 5. The van der Waals surface area contributed by atoms with Gasteiger partial charge in [-0.1, -0.05) is 42.5 Å². The van der Waals surface area contributed by atoms with Crippen LogP contribution in [0.5, 0.6) is 5.75 Å². The monoisotopic (exact) mass is 412 g/mol. The summed E-state index contributed by atoms with van der Waals surface area (Å²) in [5.41, 5.74) is 5.13. The zero-order chi connectivity index (χ0) is 21.4. The van der Waals surface area contributed by atoms with Crippen LogP contribution in [0.4, 0.5) is 5.69 Å². The van der Waals surface area contributed by atoms with Crippen molar-refractivity contribution >= 4 is 16.5 Å². The summed E-state index contributed by atoms with van der Waals surface area (Å²) < 4.78 is 5.35. The first-order valence-electron chi connectivity index (χ1n) is 10.3. The Labute approximate surface area is 180 Å². The summed E-state index contributed by atoms with van der Waals surface area (Å²) in [6, 6.07) is 22.4. The van der Waals surface area contributed by atoms with E-state index in [1.54, 1.807) is 7.11 Å². The van der Waals surface area contributed by atoms with Gasteiger partial charge in [0.1, 0.15) is 5.75 Å². The summed E-state index contributed by atoms with van der Waals surface area (Å²) in [4.78, 5) is 12.4. The molecule has 0 amide bonds. The number of benzene rings is 3. The Balaban J connectivity index is 1.69. The molecule has 1 aliphatic rings. The van der Waals surface area contributed by atoms with Gasteiger partial charge < -0.3 is 15.4 Å². The van der Waals surface area contributed by atoms with Gasteiger partial charge in [0.2, 0.25) is 0 Å². The Hall–Kier alpha value is -3.64. The van der Waals surface area contributed by atoms with Crippen LogP contribution in [0.2, 0.25) is 0 Å². The molecule has 5 rings (SSSR count). The predicted octanol–water partition coefficient (Wildman–Crippen LogP) is 3.95. The fraction of sp³-hybridized carbons (Fsp3) is 0.200. The van der Waals surface area contributed by atoms with Crippen molar-refractivity contribution in [3.63, 3.8) is 0 Å². The van der Waals surface area contributed by atoms with Gasteiger partial charge in [-0.05, 0) is 48.0 Å². The first-order valence-corrected chi connectivity index (χ1v) is 10.3. The SMILES string of the molecule is CNCc1ccc(C2Nc3cccc4c(=O)[nH]nc(c34)C2c2ccc(OC)cc2)cc1. The fourth-order valence-corrected chi connectivity index (χ4v) is 4.48. The van der Waals surface area contributed by atoms with Crippen LogP contribution in [0.25, 0.3) is 10.8 Å². The number of hydrogen-bond donors (Lipinski definition) is 3. The molecule has 0 saturated carbocycles. The third-order valence-corrected chi connectivity index (χ3v) is 5.98. The standard InChI is InChI=1S/C25H24N4O2/c1-26-14-15-6-8-17(9-7-15)23-21(16-10-12-18(31-2)13-11-16)24-22-19(25(30)29-28-24)4-3-5-20(22)27-23/h3-13,21,23,26-27H,14H2,1-2H3,(H,29,30). The minimum atomic E-state index is -0.175. The minimum absolute atomic E-state index is 0.0338. The number of hydrogen-bond acceptors (Lipinski definition) is 5. The maximum Gasteiger partial charge on any atom is 0.272 e. The molecular formula is C25H24N4O2. The molecule has 0 bridgehead atoms. The number of H-pyrrole nitrogens is 1. The first kappa shape index (κ1) is 19.3. The second-order valence-corrected chi connectivity index (χ2v) is 7.81. The average Bonchev–Trinajstić information content (AvgIpc) is 2.82. The highest BCUT2D eigenvalue weighted by Gasteiger charge is 2.34. The van der Waals surface area contributed by atoms with Crippen molar-refractivity contribution in [2.75, 3.05) is 19.5 Å². The molecule has 0 aliphatic carbocycles. The van der Waals surface area contributed by atoms with Gasteiger partial charge in [-0.15, -0.1) is 0 Å². The molecule has 1 aromatic heterocycles. The van der Waals surface area contributed by atoms with Gasteiger partial charge >= 0.3 is 0 Å². The zero-order valence-electron chi connectivity index (χ0n) is 17.5. The lowest BCUT2D eigenvalue weighted by Gasteiger charge is -2.34. The molecule has 6 nitrogen and oxygen atoms in total. The Kier molecular flexibility index (Phi) is 4.92. The van der Waals surface area contributed by atoms with E-state index in [2.05, 4.69) is 57.2 Å². The van der Waals surface area contributed by atoms with Crippen molar-refractivity contribution in [1.82, 2.24) is 15.5 Å². The van der Waals surface area contributed by atoms with Crippen molar-refractivity contribution in [2.45, 2.75) is 18.5 Å². The van der Waals surface area contributed by atoms with E-state index in [4.69, 9.17) is 4.74 Å².